The van der Waals surface area contributed by atoms with Gasteiger partial charge >= 0.3 is 19.9 Å². The fraction of sp³-hybridized carbons (Fsp3) is 0.355. The highest BCUT2D eigenvalue weighted by Crippen LogP contribution is 2.49. The zero-order valence-corrected chi connectivity index (χ0v) is 31.2. The number of carbonyl (C=O) groups is 1. The molecule has 3 aromatic rings. The lowest BCUT2D eigenvalue weighted by atomic mass is 10.1. The third kappa shape index (κ3) is 12.3. The molecular formula is C31H41Cl2N2O8PSi2. The Labute approximate surface area is 282 Å². The molecule has 15 heteroatoms. The monoisotopic (exact) mass is 726 g/mol. The van der Waals surface area contributed by atoms with Gasteiger partial charge < -0.3 is 18.7 Å². The number of hydrogen-bond donors (Lipinski definition) is 3. The topological polar surface area (TPSA) is 136 Å². The number of anilines is 1. The van der Waals surface area contributed by atoms with Crippen molar-refractivity contribution in [1.82, 2.24) is 4.98 Å². The first-order chi connectivity index (χ1) is 21.4. The smallest absolute Gasteiger partial charge is 0.404 e. The van der Waals surface area contributed by atoms with Crippen molar-refractivity contribution in [2.75, 3.05) is 18.5 Å². The molecule has 46 heavy (non-hydrogen) atoms. The van der Waals surface area contributed by atoms with E-state index in [1.165, 1.54) is 12.1 Å². The summed E-state index contributed by atoms with van der Waals surface area (Å²) in [6, 6.07) is 16.6. The number of benzene rings is 2. The van der Waals surface area contributed by atoms with Crippen LogP contribution in [0.5, 0.6) is 5.75 Å². The number of pyridine rings is 1. The van der Waals surface area contributed by atoms with Gasteiger partial charge in [0.05, 0.1) is 34.6 Å². The number of ether oxygens (including phenoxy) is 3. The van der Waals surface area contributed by atoms with Gasteiger partial charge in [-0.3, -0.25) is 20.1 Å². The number of carbonyl (C=O) groups excluding carboxylic acids is 1. The molecule has 1 amide bonds. The Balaban J connectivity index is 2.11. The maximum atomic E-state index is 13.7. The average Bonchev–Trinajstić information content (AvgIpc) is 2.93. The van der Waals surface area contributed by atoms with Gasteiger partial charge in [-0.05, 0) is 48.0 Å². The standard InChI is InChI=1S/C31H41Cl2N2O8PSi2/c1-45(2,3)21-19-40-31(41-20-22-46(4,5)6,28-27(43-44(37,38)39)17-15-24(32)29(28)33)42-30(36)35-26-13-10-18-34-25(26)16-14-23-11-8-7-9-12-23/h7-18H,19-22H2,1-6H3,(H,35,36)(H2,37,38,39). The molecule has 0 saturated carbocycles. The van der Waals surface area contributed by atoms with Crippen molar-refractivity contribution < 1.29 is 37.9 Å². The van der Waals surface area contributed by atoms with Crippen LogP contribution in [0.4, 0.5) is 10.5 Å². The van der Waals surface area contributed by atoms with E-state index >= 15 is 0 Å². The molecule has 3 rings (SSSR count). The Bertz CT molecular complexity index is 1540. The minimum Gasteiger partial charge on any atom is -0.404 e. The fourth-order valence-electron chi connectivity index (χ4n) is 3.95. The van der Waals surface area contributed by atoms with Crippen LogP contribution in [0.3, 0.4) is 0 Å². The second kappa shape index (κ2) is 16.1. The third-order valence-electron chi connectivity index (χ3n) is 6.40. The summed E-state index contributed by atoms with van der Waals surface area (Å²) in [6.07, 6.45) is 4.16. The molecule has 10 nitrogen and oxygen atoms in total. The van der Waals surface area contributed by atoms with Crippen molar-refractivity contribution in [3.63, 3.8) is 0 Å². The molecule has 0 atom stereocenters. The van der Waals surface area contributed by atoms with E-state index in [9.17, 15) is 19.1 Å². The van der Waals surface area contributed by atoms with Gasteiger partial charge in [-0.15, -0.1) is 0 Å². The third-order valence-corrected chi connectivity index (χ3v) is 11.1. The van der Waals surface area contributed by atoms with Crippen LogP contribution in [-0.4, -0.2) is 50.2 Å². The molecule has 0 spiro atoms. The number of phosphoric acid groups is 1. The van der Waals surface area contributed by atoms with E-state index in [4.69, 9.17) is 41.9 Å². The molecule has 0 unspecified atom stereocenters. The fourth-order valence-corrected chi connectivity index (χ4v) is 6.22. The Morgan fingerprint density at radius 3 is 2.09 bits per heavy atom. The van der Waals surface area contributed by atoms with Crippen LogP contribution in [0.15, 0.2) is 60.8 Å². The van der Waals surface area contributed by atoms with E-state index in [1.54, 1.807) is 24.4 Å². The van der Waals surface area contributed by atoms with Gasteiger partial charge in [-0.1, -0.05) is 98.9 Å². The average molecular weight is 728 g/mol. The van der Waals surface area contributed by atoms with Crippen LogP contribution in [0, 0.1) is 0 Å². The number of nitrogens with one attached hydrogen (secondary N) is 1. The van der Waals surface area contributed by atoms with Crippen molar-refractivity contribution in [2.45, 2.75) is 57.3 Å². The highest BCUT2D eigenvalue weighted by molar-refractivity contribution is 7.46. The number of rotatable bonds is 15. The van der Waals surface area contributed by atoms with E-state index < -0.39 is 41.8 Å². The molecule has 0 aliphatic rings. The van der Waals surface area contributed by atoms with E-state index in [0.717, 1.165) is 5.56 Å². The first-order valence-corrected chi connectivity index (χ1v) is 24.3. The summed E-state index contributed by atoms with van der Waals surface area (Å²) >= 11 is 13.1. The van der Waals surface area contributed by atoms with Gasteiger partial charge in [0.25, 0.3) is 0 Å². The second-order valence-corrected chi connectivity index (χ2v) is 26.1. The molecule has 3 N–H and O–H groups in total. The lowest BCUT2D eigenvalue weighted by Gasteiger charge is -2.35. The summed E-state index contributed by atoms with van der Waals surface area (Å²) in [7, 11) is -8.53. The highest BCUT2D eigenvalue weighted by Gasteiger charge is 2.46. The van der Waals surface area contributed by atoms with Crippen LogP contribution in [0.2, 0.25) is 61.4 Å². The molecule has 0 radical (unpaired) electrons. The van der Waals surface area contributed by atoms with E-state index in [-0.39, 0.29) is 28.8 Å². The van der Waals surface area contributed by atoms with Gasteiger partial charge in [0.2, 0.25) is 0 Å². The SMILES string of the molecule is C[Si](C)(C)CCOC(OCC[Si](C)(C)C)(OC(=O)Nc1cccnc1C=Cc1ccccc1)c1c(OP(=O)(O)O)ccc(Cl)c1Cl. The van der Waals surface area contributed by atoms with E-state index in [1.807, 2.05) is 36.4 Å². The largest absolute Gasteiger partial charge is 0.524 e. The molecule has 250 valence electrons. The van der Waals surface area contributed by atoms with Crippen LogP contribution >= 0.6 is 31.0 Å². The number of amides is 1. The predicted octanol–water partition coefficient (Wildman–Crippen LogP) is 9.10. The molecule has 1 heterocycles. The van der Waals surface area contributed by atoms with Crippen molar-refractivity contribution in [1.29, 1.82) is 0 Å². The maximum Gasteiger partial charge on any atom is 0.524 e. The van der Waals surface area contributed by atoms with Gasteiger partial charge in [-0.2, -0.15) is 0 Å². The summed E-state index contributed by atoms with van der Waals surface area (Å²) in [5.41, 5.74) is 1.41. The number of hydrogen-bond acceptors (Lipinski definition) is 7. The first kappa shape index (κ1) is 37.9. The van der Waals surface area contributed by atoms with Crippen LogP contribution in [-0.2, 0) is 24.7 Å². The Morgan fingerprint density at radius 1 is 0.913 bits per heavy atom. The zero-order valence-electron chi connectivity index (χ0n) is 26.8. The minimum absolute atomic E-state index is 0.00806. The Morgan fingerprint density at radius 2 is 1.52 bits per heavy atom. The minimum atomic E-state index is -5.12. The van der Waals surface area contributed by atoms with Gasteiger partial charge in [0.15, 0.2) is 0 Å². The van der Waals surface area contributed by atoms with E-state index in [0.29, 0.717) is 23.5 Å². The summed E-state index contributed by atoms with van der Waals surface area (Å²) in [6.45, 7) is 13.0. The molecule has 1 aromatic heterocycles. The maximum absolute atomic E-state index is 13.7. The Kier molecular flexibility index (Phi) is 13.2. The lowest BCUT2D eigenvalue weighted by molar-refractivity contribution is -0.364. The predicted molar refractivity (Wildman–Crippen MR) is 189 cm³/mol. The van der Waals surface area contributed by atoms with Crippen LogP contribution in [0.25, 0.3) is 12.2 Å². The summed E-state index contributed by atoms with van der Waals surface area (Å²) in [5, 5.41) is 2.46. The van der Waals surface area contributed by atoms with Gasteiger partial charge in [-0.25, -0.2) is 9.36 Å². The highest BCUT2D eigenvalue weighted by atomic mass is 35.5. The number of aromatic nitrogens is 1. The van der Waals surface area contributed by atoms with Crippen molar-refractivity contribution in [2.24, 2.45) is 0 Å². The number of nitrogens with zero attached hydrogens (tertiary/aromatic N) is 1. The van der Waals surface area contributed by atoms with Crippen LogP contribution in [0.1, 0.15) is 16.8 Å². The Hall–Kier alpha value is -2.52. The molecule has 0 saturated heterocycles. The van der Waals surface area contributed by atoms with Crippen molar-refractivity contribution in [3.05, 3.63) is 87.7 Å². The summed E-state index contributed by atoms with van der Waals surface area (Å²) in [5.74, 6) is -2.83. The number of phosphoric ester groups is 1. The van der Waals surface area contributed by atoms with E-state index in [2.05, 4.69) is 49.6 Å². The molecule has 2 aromatic carbocycles. The summed E-state index contributed by atoms with van der Waals surface area (Å²) in [4.78, 5) is 37.6. The lowest BCUT2D eigenvalue weighted by Crippen LogP contribution is -2.42. The molecule has 0 bridgehead atoms. The van der Waals surface area contributed by atoms with Gasteiger partial charge in [0, 0.05) is 22.3 Å². The second-order valence-electron chi connectivity index (χ2n) is 12.9. The molecule has 0 fully saturated rings. The van der Waals surface area contributed by atoms with Crippen molar-refractivity contribution in [3.8, 4) is 5.75 Å². The molecule has 0 aliphatic heterocycles. The molecular weight excluding hydrogens is 686 g/mol. The van der Waals surface area contributed by atoms with Crippen LogP contribution < -0.4 is 9.84 Å². The summed E-state index contributed by atoms with van der Waals surface area (Å²) < 4.78 is 35.6. The quantitative estimate of drug-likeness (QED) is 0.0796. The zero-order chi connectivity index (χ0) is 34.2. The molecule has 0 aliphatic carbocycles. The first-order valence-electron chi connectivity index (χ1n) is 14.6. The number of halogens is 2. The van der Waals surface area contributed by atoms with Crippen molar-refractivity contribution >= 4 is 71.1 Å². The normalized spacial score (nSPS) is 12.7. The van der Waals surface area contributed by atoms with Gasteiger partial charge in [0.1, 0.15) is 11.3 Å².